The first-order valence-electron chi connectivity index (χ1n) is 10.2. The molecule has 180 valence electrons. The lowest BCUT2D eigenvalue weighted by molar-refractivity contribution is -0.137. The van der Waals surface area contributed by atoms with Gasteiger partial charge in [0.1, 0.15) is 0 Å². The van der Waals surface area contributed by atoms with Gasteiger partial charge in [-0.1, -0.05) is 39.0 Å². The van der Waals surface area contributed by atoms with Crippen LogP contribution in [-0.4, -0.2) is 30.9 Å². The molecule has 0 fully saturated rings. The topological polar surface area (TPSA) is 85.6 Å². The zero-order valence-electron chi connectivity index (χ0n) is 18.5. The Labute approximate surface area is 211 Å². The molecule has 0 aliphatic heterocycles. The van der Waals surface area contributed by atoms with Gasteiger partial charge in [-0.05, 0) is 62.4 Å². The zero-order valence-corrected chi connectivity index (χ0v) is 20.9. The van der Waals surface area contributed by atoms with Gasteiger partial charge in [0.2, 0.25) is 0 Å². The van der Waals surface area contributed by atoms with Crippen molar-refractivity contribution in [2.45, 2.75) is 30.9 Å². The molecule has 1 amide bonds. The van der Waals surface area contributed by atoms with Gasteiger partial charge in [-0.25, -0.2) is 14.6 Å². The molecule has 1 N–H and O–H groups in total. The Hall–Kier alpha value is -3.25. The van der Waals surface area contributed by atoms with Crippen LogP contribution in [0.3, 0.4) is 0 Å². The minimum atomic E-state index is -4.53. The predicted octanol–water partition coefficient (Wildman–Crippen LogP) is 6.00. The number of nitrogens with one attached hydrogen (secondary N) is 1. The number of anilines is 1. The first-order valence-corrected chi connectivity index (χ1v) is 12.0. The molecule has 0 unspecified atom stereocenters. The number of nitrogens with zero attached hydrogens (tertiary/aromatic N) is 5. The lowest BCUT2D eigenvalue weighted by atomic mass is 10.2. The minimum absolute atomic E-state index is 0.000683. The molecule has 0 aliphatic rings. The van der Waals surface area contributed by atoms with Crippen LogP contribution in [0.1, 0.15) is 33.1 Å². The number of benzene rings is 2. The molecular formula is C23H18BrF3N6OS. The van der Waals surface area contributed by atoms with E-state index in [9.17, 15) is 18.0 Å². The van der Waals surface area contributed by atoms with Crippen molar-refractivity contribution in [1.29, 1.82) is 0 Å². The lowest BCUT2D eigenvalue weighted by Gasteiger charge is -2.11. The van der Waals surface area contributed by atoms with E-state index in [1.165, 1.54) is 28.6 Å². The standard InChI is InChI=1S/C23H18BrF3N6OS/c1-13-10-14(2)29-22(28-13)35-12-19-20(31-32-33(19)18-8-6-16(24)7-9-18)21(34)30-17-5-3-4-15(11-17)23(25,26)27/h3-11H,12H2,1-2H3,(H,30,34). The van der Waals surface area contributed by atoms with Crippen LogP contribution in [0.5, 0.6) is 0 Å². The van der Waals surface area contributed by atoms with Crippen molar-refractivity contribution in [3.05, 3.63) is 87.4 Å². The number of aryl methyl sites for hydroxylation is 2. The van der Waals surface area contributed by atoms with Gasteiger partial charge < -0.3 is 5.32 Å². The minimum Gasteiger partial charge on any atom is -0.321 e. The molecule has 12 heteroatoms. The highest BCUT2D eigenvalue weighted by Gasteiger charge is 2.31. The van der Waals surface area contributed by atoms with Gasteiger partial charge in [-0.15, -0.1) is 5.10 Å². The maximum absolute atomic E-state index is 13.1. The molecule has 35 heavy (non-hydrogen) atoms. The molecule has 0 atom stereocenters. The first kappa shape index (κ1) is 24.9. The van der Waals surface area contributed by atoms with Crippen LogP contribution in [0.15, 0.2) is 64.2 Å². The summed E-state index contributed by atoms with van der Waals surface area (Å²) in [5, 5.41) is 11.2. The van der Waals surface area contributed by atoms with E-state index in [1.54, 1.807) is 12.1 Å². The van der Waals surface area contributed by atoms with Gasteiger partial charge in [-0.3, -0.25) is 4.79 Å². The number of amides is 1. The number of aromatic nitrogens is 5. The third-order valence-corrected chi connectivity index (χ3v) is 6.18. The average Bonchev–Trinajstić information content (AvgIpc) is 3.21. The fourth-order valence-corrected chi connectivity index (χ4v) is 4.46. The fraction of sp³-hybridized carbons (Fsp3) is 0.174. The number of hydrogen-bond acceptors (Lipinski definition) is 6. The van der Waals surface area contributed by atoms with Gasteiger partial charge in [0.05, 0.1) is 16.9 Å². The Kier molecular flexibility index (Phi) is 7.22. The SMILES string of the molecule is Cc1cc(C)nc(SCc2c(C(=O)Nc3cccc(C(F)(F)F)c3)nnn2-c2ccc(Br)cc2)n1. The van der Waals surface area contributed by atoms with Gasteiger partial charge in [0.15, 0.2) is 10.9 Å². The van der Waals surface area contributed by atoms with E-state index >= 15 is 0 Å². The molecule has 4 rings (SSSR count). The number of thioether (sulfide) groups is 1. The Bertz CT molecular complexity index is 1350. The molecule has 0 radical (unpaired) electrons. The predicted molar refractivity (Wildman–Crippen MR) is 130 cm³/mol. The normalized spacial score (nSPS) is 11.5. The highest BCUT2D eigenvalue weighted by atomic mass is 79.9. The number of carbonyl (C=O) groups excluding carboxylic acids is 1. The monoisotopic (exact) mass is 562 g/mol. The van der Waals surface area contributed by atoms with Crippen LogP contribution in [0, 0.1) is 13.8 Å². The summed E-state index contributed by atoms with van der Waals surface area (Å²) in [6.07, 6.45) is -4.53. The molecule has 0 saturated carbocycles. The van der Waals surface area contributed by atoms with Crippen molar-refractivity contribution in [3.63, 3.8) is 0 Å². The van der Waals surface area contributed by atoms with E-state index in [2.05, 4.69) is 41.5 Å². The second kappa shape index (κ2) is 10.2. The van der Waals surface area contributed by atoms with Crippen LogP contribution in [-0.2, 0) is 11.9 Å². The van der Waals surface area contributed by atoms with E-state index < -0.39 is 17.6 Å². The summed E-state index contributed by atoms with van der Waals surface area (Å²) >= 11 is 4.69. The van der Waals surface area contributed by atoms with Crippen LogP contribution in [0.25, 0.3) is 5.69 Å². The Balaban J connectivity index is 1.67. The summed E-state index contributed by atoms with van der Waals surface area (Å²) in [7, 11) is 0. The molecule has 0 spiro atoms. The van der Waals surface area contributed by atoms with Gasteiger partial charge in [0.25, 0.3) is 5.91 Å². The van der Waals surface area contributed by atoms with Gasteiger partial charge >= 0.3 is 6.18 Å². The van der Waals surface area contributed by atoms with Crippen LogP contribution in [0.2, 0.25) is 0 Å². The summed E-state index contributed by atoms with van der Waals surface area (Å²) in [6.45, 7) is 3.72. The molecule has 0 aliphatic carbocycles. The molecule has 2 aromatic heterocycles. The second-order valence-electron chi connectivity index (χ2n) is 7.53. The molecule has 2 heterocycles. The Morgan fingerprint density at radius 2 is 1.74 bits per heavy atom. The molecule has 0 saturated heterocycles. The van der Waals surface area contributed by atoms with Crippen molar-refractivity contribution in [2.75, 3.05) is 5.32 Å². The first-order chi connectivity index (χ1) is 16.6. The molecule has 0 bridgehead atoms. The van der Waals surface area contributed by atoms with Crippen LogP contribution < -0.4 is 5.32 Å². The molecular weight excluding hydrogens is 545 g/mol. The molecule has 2 aromatic carbocycles. The number of carbonyl (C=O) groups is 1. The van der Waals surface area contributed by atoms with Crippen LogP contribution in [0.4, 0.5) is 18.9 Å². The maximum Gasteiger partial charge on any atom is 0.416 e. The maximum atomic E-state index is 13.1. The van der Waals surface area contributed by atoms with Crippen molar-refractivity contribution < 1.29 is 18.0 Å². The second-order valence-corrected chi connectivity index (χ2v) is 9.39. The van der Waals surface area contributed by atoms with E-state index in [0.29, 0.717) is 16.5 Å². The zero-order chi connectivity index (χ0) is 25.2. The summed E-state index contributed by atoms with van der Waals surface area (Å²) in [5.74, 6) is -0.429. The largest absolute Gasteiger partial charge is 0.416 e. The van der Waals surface area contributed by atoms with Crippen molar-refractivity contribution in [2.24, 2.45) is 0 Å². The number of alkyl halides is 3. The van der Waals surface area contributed by atoms with E-state index in [-0.39, 0.29) is 17.1 Å². The summed E-state index contributed by atoms with van der Waals surface area (Å²) in [6, 6.07) is 13.5. The highest BCUT2D eigenvalue weighted by Crippen LogP contribution is 2.31. The highest BCUT2D eigenvalue weighted by molar-refractivity contribution is 9.10. The summed E-state index contributed by atoms with van der Waals surface area (Å²) in [4.78, 5) is 21.9. The van der Waals surface area contributed by atoms with Gasteiger partial charge in [0, 0.05) is 27.3 Å². The van der Waals surface area contributed by atoms with Gasteiger partial charge in [-0.2, -0.15) is 13.2 Å². The number of halogens is 4. The van der Waals surface area contributed by atoms with Crippen molar-refractivity contribution in [1.82, 2.24) is 25.0 Å². The lowest BCUT2D eigenvalue weighted by Crippen LogP contribution is -2.16. The number of hydrogen-bond donors (Lipinski definition) is 1. The van der Waals surface area contributed by atoms with Crippen LogP contribution >= 0.6 is 27.7 Å². The molecule has 7 nitrogen and oxygen atoms in total. The smallest absolute Gasteiger partial charge is 0.321 e. The third-order valence-electron chi connectivity index (χ3n) is 4.80. The Morgan fingerprint density at radius 1 is 1.06 bits per heavy atom. The Morgan fingerprint density at radius 3 is 2.40 bits per heavy atom. The molecule has 4 aromatic rings. The van der Waals surface area contributed by atoms with E-state index in [4.69, 9.17) is 0 Å². The summed E-state index contributed by atoms with van der Waals surface area (Å²) in [5.41, 5.74) is 1.85. The van der Waals surface area contributed by atoms with Crippen molar-refractivity contribution >= 4 is 39.3 Å². The van der Waals surface area contributed by atoms with Crippen molar-refractivity contribution in [3.8, 4) is 5.69 Å². The van der Waals surface area contributed by atoms with E-state index in [1.807, 2.05) is 32.0 Å². The third kappa shape index (κ3) is 6.06. The van der Waals surface area contributed by atoms with E-state index in [0.717, 1.165) is 28.0 Å². The average molecular weight is 563 g/mol. The quantitative estimate of drug-likeness (QED) is 0.229. The fourth-order valence-electron chi connectivity index (χ4n) is 3.25. The summed E-state index contributed by atoms with van der Waals surface area (Å²) < 4.78 is 41.6. The number of rotatable bonds is 6.